The van der Waals surface area contributed by atoms with Gasteiger partial charge in [-0.3, -0.25) is 14.6 Å². The summed E-state index contributed by atoms with van der Waals surface area (Å²) in [6.45, 7) is 5.93. The number of hydrogen-bond donors (Lipinski definition) is 0. The topological polar surface area (TPSA) is 52.8 Å². The van der Waals surface area contributed by atoms with Crippen LogP contribution in [0.3, 0.4) is 0 Å². The number of anilines is 1. The van der Waals surface area contributed by atoms with E-state index in [0.29, 0.717) is 6.54 Å². The van der Waals surface area contributed by atoms with Gasteiger partial charge >= 0.3 is 0 Å². The Balaban J connectivity index is 1.13. The van der Waals surface area contributed by atoms with Crippen LogP contribution < -0.4 is 4.90 Å². The Kier molecular flexibility index (Phi) is 5.66. The van der Waals surface area contributed by atoms with Gasteiger partial charge in [0.15, 0.2) is 5.76 Å². The molecule has 30 heavy (non-hydrogen) atoms. The largest absolute Gasteiger partial charge is 0.463 e. The van der Waals surface area contributed by atoms with Crippen LogP contribution in [0.15, 0.2) is 52.5 Å². The van der Waals surface area contributed by atoms with E-state index in [-0.39, 0.29) is 5.91 Å². The molecule has 1 saturated heterocycles. The van der Waals surface area contributed by atoms with E-state index in [1.54, 1.807) is 17.6 Å². The number of carbonyl (C=O) groups excluding carboxylic acids is 1. The Hall–Kier alpha value is -2.48. The lowest BCUT2D eigenvalue weighted by molar-refractivity contribution is -0.120. The Morgan fingerprint density at radius 2 is 1.87 bits per heavy atom. The molecule has 1 aromatic carbocycles. The maximum atomic E-state index is 13.0. The monoisotopic (exact) mass is 422 g/mol. The van der Waals surface area contributed by atoms with Crippen LogP contribution in [0.5, 0.6) is 0 Å². The standard InChI is InChI=1S/C23H26N4O2S/c28-23(27-9-3-6-18-5-1-2-7-20(18)27)16-26-12-10-25(11-13-26)15-22-24-19(17-30-22)21-8-4-14-29-21/h1-2,4-5,7-8,14,17H,3,6,9-13,15-16H2. The Bertz CT molecular complexity index is 992. The number of fused-ring (bicyclic) bond motifs is 1. The number of hydrogen-bond acceptors (Lipinski definition) is 6. The van der Waals surface area contributed by atoms with Crippen molar-refractivity contribution in [2.24, 2.45) is 0 Å². The van der Waals surface area contributed by atoms with Crippen LogP contribution in [-0.2, 0) is 17.8 Å². The second-order valence-corrected chi connectivity index (χ2v) is 8.88. The number of aromatic nitrogens is 1. The highest BCUT2D eigenvalue weighted by molar-refractivity contribution is 7.09. The van der Waals surface area contributed by atoms with Crippen LogP contribution >= 0.6 is 11.3 Å². The van der Waals surface area contributed by atoms with Gasteiger partial charge in [0.1, 0.15) is 10.7 Å². The number of piperazine rings is 1. The smallest absolute Gasteiger partial charge is 0.241 e. The lowest BCUT2D eigenvalue weighted by atomic mass is 10.0. The molecule has 2 aromatic heterocycles. The number of amides is 1. The molecule has 0 radical (unpaired) electrons. The molecule has 0 saturated carbocycles. The molecule has 2 aliphatic rings. The van der Waals surface area contributed by atoms with Crippen molar-refractivity contribution in [1.29, 1.82) is 0 Å². The molecule has 0 aliphatic carbocycles. The average molecular weight is 423 g/mol. The predicted octanol–water partition coefficient (Wildman–Crippen LogP) is 3.50. The first-order chi connectivity index (χ1) is 14.8. The fourth-order valence-corrected chi connectivity index (χ4v) is 5.11. The van der Waals surface area contributed by atoms with Crippen molar-refractivity contribution in [1.82, 2.24) is 14.8 Å². The Morgan fingerprint density at radius 1 is 1.03 bits per heavy atom. The van der Waals surface area contributed by atoms with Crippen molar-refractivity contribution >= 4 is 22.9 Å². The molecule has 0 atom stereocenters. The van der Waals surface area contributed by atoms with Gasteiger partial charge in [-0.15, -0.1) is 11.3 Å². The van der Waals surface area contributed by atoms with Gasteiger partial charge in [0.25, 0.3) is 0 Å². The van der Waals surface area contributed by atoms with E-state index in [0.717, 1.165) is 74.3 Å². The van der Waals surface area contributed by atoms with E-state index in [1.165, 1.54) is 5.56 Å². The Labute approximate surface area is 180 Å². The number of furan rings is 1. The minimum atomic E-state index is 0.221. The second-order valence-electron chi connectivity index (χ2n) is 7.93. The first-order valence-electron chi connectivity index (χ1n) is 10.6. The summed E-state index contributed by atoms with van der Waals surface area (Å²) in [5.74, 6) is 1.04. The summed E-state index contributed by atoms with van der Waals surface area (Å²) in [7, 11) is 0. The minimum absolute atomic E-state index is 0.221. The molecule has 0 spiro atoms. The van der Waals surface area contributed by atoms with Crippen molar-refractivity contribution in [3.8, 4) is 11.5 Å². The molecule has 0 unspecified atom stereocenters. The van der Waals surface area contributed by atoms with Gasteiger partial charge in [0.05, 0.1) is 19.4 Å². The van der Waals surface area contributed by atoms with Crippen LogP contribution in [0.25, 0.3) is 11.5 Å². The molecule has 0 bridgehead atoms. The van der Waals surface area contributed by atoms with Gasteiger partial charge in [-0.2, -0.15) is 0 Å². The maximum Gasteiger partial charge on any atom is 0.241 e. The molecule has 0 N–H and O–H groups in total. The zero-order valence-corrected chi connectivity index (χ0v) is 17.8. The van der Waals surface area contributed by atoms with Crippen LogP contribution in [0.4, 0.5) is 5.69 Å². The molecule has 1 fully saturated rings. The van der Waals surface area contributed by atoms with Crippen LogP contribution in [0.1, 0.15) is 17.0 Å². The van der Waals surface area contributed by atoms with Crippen molar-refractivity contribution in [3.63, 3.8) is 0 Å². The van der Waals surface area contributed by atoms with Crippen molar-refractivity contribution in [3.05, 3.63) is 58.6 Å². The molecule has 4 heterocycles. The Morgan fingerprint density at radius 3 is 2.70 bits per heavy atom. The highest BCUT2D eigenvalue weighted by Gasteiger charge is 2.26. The summed E-state index contributed by atoms with van der Waals surface area (Å²) >= 11 is 1.68. The summed E-state index contributed by atoms with van der Waals surface area (Å²) in [6.07, 6.45) is 3.79. The maximum absolute atomic E-state index is 13.0. The van der Waals surface area contributed by atoms with Crippen LogP contribution in [0.2, 0.25) is 0 Å². The third-order valence-electron chi connectivity index (χ3n) is 5.92. The van der Waals surface area contributed by atoms with E-state index < -0.39 is 0 Å². The third kappa shape index (κ3) is 4.19. The first-order valence-corrected chi connectivity index (χ1v) is 11.5. The van der Waals surface area contributed by atoms with Crippen LogP contribution in [0, 0.1) is 0 Å². The number of thiazole rings is 1. The zero-order chi connectivity index (χ0) is 20.3. The summed E-state index contributed by atoms with van der Waals surface area (Å²) in [6, 6.07) is 12.1. The molecule has 156 valence electrons. The number of aryl methyl sites for hydroxylation is 1. The third-order valence-corrected chi connectivity index (χ3v) is 6.75. The SMILES string of the molecule is O=C(CN1CCN(Cc2nc(-c3ccco3)cs2)CC1)N1CCCc2ccccc21. The predicted molar refractivity (Wildman–Crippen MR) is 119 cm³/mol. The molecule has 6 nitrogen and oxygen atoms in total. The van der Waals surface area contributed by atoms with E-state index >= 15 is 0 Å². The number of nitrogens with zero attached hydrogens (tertiary/aromatic N) is 4. The van der Waals surface area contributed by atoms with Gasteiger partial charge < -0.3 is 9.32 Å². The first kappa shape index (κ1) is 19.5. The molecule has 1 amide bonds. The molecule has 5 rings (SSSR count). The van der Waals surface area contributed by atoms with Crippen molar-refractivity contribution < 1.29 is 9.21 Å². The molecular weight excluding hydrogens is 396 g/mol. The highest BCUT2D eigenvalue weighted by Crippen LogP contribution is 2.27. The van der Waals surface area contributed by atoms with Gasteiger partial charge in [-0.25, -0.2) is 4.98 Å². The van der Waals surface area contributed by atoms with E-state index in [1.807, 2.05) is 23.1 Å². The fraction of sp³-hybridized carbons (Fsp3) is 0.391. The normalized spacial score (nSPS) is 17.8. The number of rotatable bonds is 5. The van der Waals surface area contributed by atoms with Gasteiger partial charge in [0, 0.05) is 43.8 Å². The summed E-state index contributed by atoms with van der Waals surface area (Å²) < 4.78 is 5.43. The zero-order valence-electron chi connectivity index (χ0n) is 17.0. The van der Waals surface area contributed by atoms with E-state index in [4.69, 9.17) is 9.40 Å². The summed E-state index contributed by atoms with van der Waals surface area (Å²) in [5, 5.41) is 3.16. The van der Waals surface area contributed by atoms with E-state index in [2.05, 4.69) is 33.4 Å². The lowest BCUT2D eigenvalue weighted by Gasteiger charge is -2.36. The van der Waals surface area contributed by atoms with Gasteiger partial charge in [0.2, 0.25) is 5.91 Å². The van der Waals surface area contributed by atoms with Gasteiger partial charge in [-0.1, -0.05) is 18.2 Å². The average Bonchev–Trinajstić information content (AvgIpc) is 3.47. The molecule has 7 heteroatoms. The lowest BCUT2D eigenvalue weighted by Crippen LogP contribution is -2.50. The highest BCUT2D eigenvalue weighted by atomic mass is 32.1. The second kappa shape index (κ2) is 8.71. The quantitative estimate of drug-likeness (QED) is 0.630. The van der Waals surface area contributed by atoms with Crippen LogP contribution in [-0.4, -0.2) is 60.0 Å². The van der Waals surface area contributed by atoms with E-state index in [9.17, 15) is 4.79 Å². The molecular formula is C23H26N4O2S. The number of para-hydroxylation sites is 1. The summed E-state index contributed by atoms with van der Waals surface area (Å²) in [5.41, 5.74) is 3.30. The number of carbonyl (C=O) groups is 1. The van der Waals surface area contributed by atoms with Crippen molar-refractivity contribution in [2.75, 3.05) is 44.2 Å². The number of benzene rings is 1. The molecule has 3 aromatic rings. The van der Waals surface area contributed by atoms with Gasteiger partial charge in [-0.05, 0) is 36.6 Å². The minimum Gasteiger partial charge on any atom is -0.463 e. The molecule has 2 aliphatic heterocycles. The summed E-state index contributed by atoms with van der Waals surface area (Å²) in [4.78, 5) is 24.4. The fourth-order valence-electron chi connectivity index (χ4n) is 4.29. The van der Waals surface area contributed by atoms with Crippen molar-refractivity contribution in [2.45, 2.75) is 19.4 Å².